The molecular weight excluding hydrogens is 375 g/mol. The van der Waals surface area contributed by atoms with Gasteiger partial charge in [0.25, 0.3) is 0 Å². The van der Waals surface area contributed by atoms with Crippen LogP contribution in [0.3, 0.4) is 0 Å². The number of aliphatic hydroxyl groups excluding tert-OH is 1. The first-order valence-electron chi connectivity index (χ1n) is 8.96. The average Bonchev–Trinajstić information content (AvgIpc) is 2.60. The molecule has 6 heteroatoms. The second-order valence-electron chi connectivity index (χ2n) is 7.81. The Labute approximate surface area is 163 Å². The Balaban J connectivity index is 2.15. The molecule has 4 nitrogen and oxygen atoms in total. The maximum atomic E-state index is 12.4. The molecular formula is C20H24Cl2O4. The quantitative estimate of drug-likeness (QED) is 0.779. The average molecular weight is 399 g/mol. The van der Waals surface area contributed by atoms with E-state index in [1.807, 2.05) is 19.9 Å². The summed E-state index contributed by atoms with van der Waals surface area (Å²) >= 11 is 13.2. The molecule has 1 fully saturated rings. The molecule has 142 valence electrons. The van der Waals surface area contributed by atoms with Crippen molar-refractivity contribution in [2.24, 2.45) is 11.8 Å². The molecule has 4 unspecified atom stereocenters. The number of carbonyl (C=O) groups is 2. The van der Waals surface area contributed by atoms with Crippen LogP contribution in [0.2, 0.25) is 10.0 Å². The van der Waals surface area contributed by atoms with Crippen molar-refractivity contribution in [1.29, 1.82) is 0 Å². The molecule has 0 bridgehead atoms. The molecule has 1 saturated carbocycles. The fraction of sp³-hybridized carbons (Fsp3) is 0.600. The molecule has 0 aromatic heterocycles. The predicted molar refractivity (Wildman–Crippen MR) is 101 cm³/mol. The Morgan fingerprint density at radius 1 is 1.46 bits per heavy atom. The fourth-order valence-corrected chi connectivity index (χ4v) is 5.85. The van der Waals surface area contributed by atoms with Crippen molar-refractivity contribution in [2.75, 3.05) is 13.7 Å². The highest BCUT2D eigenvalue weighted by atomic mass is 35.5. The van der Waals surface area contributed by atoms with Gasteiger partial charge in [0.15, 0.2) is 0 Å². The van der Waals surface area contributed by atoms with Crippen LogP contribution in [-0.4, -0.2) is 30.6 Å². The molecule has 2 aliphatic rings. The van der Waals surface area contributed by atoms with Gasteiger partial charge in [-0.3, -0.25) is 9.59 Å². The van der Waals surface area contributed by atoms with Crippen LogP contribution < -0.4 is 0 Å². The van der Waals surface area contributed by atoms with Crippen LogP contribution in [0.15, 0.2) is 6.07 Å². The maximum Gasteiger partial charge on any atom is 0.309 e. The van der Waals surface area contributed by atoms with E-state index in [4.69, 9.17) is 27.9 Å². The van der Waals surface area contributed by atoms with Gasteiger partial charge in [0.05, 0.1) is 13.0 Å². The maximum absolute atomic E-state index is 12.4. The lowest BCUT2D eigenvalue weighted by molar-refractivity contribution is -0.153. The summed E-state index contributed by atoms with van der Waals surface area (Å²) in [6, 6.07) is 1.89. The monoisotopic (exact) mass is 398 g/mol. The molecule has 2 aliphatic carbocycles. The summed E-state index contributed by atoms with van der Waals surface area (Å²) in [5, 5.41) is 10.6. The van der Waals surface area contributed by atoms with Crippen LogP contribution in [0.25, 0.3) is 0 Å². The summed E-state index contributed by atoms with van der Waals surface area (Å²) in [7, 11) is 1.37. The summed E-state index contributed by atoms with van der Waals surface area (Å²) in [6.07, 6.45) is 2.10. The highest BCUT2D eigenvalue weighted by molar-refractivity contribution is 6.36. The SMILES string of the molecule is COC(=O)C1CC(=O)CC2(C)c3cc(Cl)c(C(C)CO)c(Cl)c3CCC12. The Morgan fingerprint density at radius 3 is 2.77 bits per heavy atom. The van der Waals surface area contributed by atoms with Gasteiger partial charge in [0, 0.05) is 40.8 Å². The number of fused-ring (bicyclic) bond motifs is 3. The van der Waals surface area contributed by atoms with Gasteiger partial charge in [-0.25, -0.2) is 0 Å². The third-order valence-corrected chi connectivity index (χ3v) is 7.01. The first-order valence-corrected chi connectivity index (χ1v) is 9.71. The zero-order valence-corrected chi connectivity index (χ0v) is 16.8. The lowest BCUT2D eigenvalue weighted by Gasteiger charge is -2.49. The van der Waals surface area contributed by atoms with Gasteiger partial charge in [0.1, 0.15) is 5.78 Å². The van der Waals surface area contributed by atoms with E-state index in [1.54, 1.807) is 0 Å². The summed E-state index contributed by atoms with van der Waals surface area (Å²) < 4.78 is 4.96. The number of hydrogen-bond donors (Lipinski definition) is 1. The second kappa shape index (κ2) is 7.14. The van der Waals surface area contributed by atoms with Crippen molar-refractivity contribution < 1.29 is 19.4 Å². The molecule has 0 amide bonds. The molecule has 0 saturated heterocycles. The van der Waals surface area contributed by atoms with E-state index >= 15 is 0 Å². The van der Waals surface area contributed by atoms with Gasteiger partial charge in [0.2, 0.25) is 0 Å². The van der Waals surface area contributed by atoms with E-state index in [0.29, 0.717) is 16.5 Å². The van der Waals surface area contributed by atoms with Crippen molar-refractivity contribution in [3.8, 4) is 0 Å². The van der Waals surface area contributed by atoms with Crippen LogP contribution in [0.5, 0.6) is 0 Å². The van der Waals surface area contributed by atoms with Crippen molar-refractivity contribution in [3.63, 3.8) is 0 Å². The molecule has 0 spiro atoms. The van der Waals surface area contributed by atoms with Crippen molar-refractivity contribution in [1.82, 2.24) is 0 Å². The minimum absolute atomic E-state index is 0.0217. The fourth-order valence-electron chi connectivity index (χ4n) is 4.93. The number of halogens is 2. The van der Waals surface area contributed by atoms with Gasteiger partial charge in [-0.05, 0) is 41.5 Å². The number of aliphatic hydroxyl groups is 1. The topological polar surface area (TPSA) is 63.6 Å². The Bertz CT molecular complexity index is 761. The van der Waals surface area contributed by atoms with Gasteiger partial charge < -0.3 is 9.84 Å². The second-order valence-corrected chi connectivity index (χ2v) is 8.59. The lowest BCUT2D eigenvalue weighted by Crippen LogP contribution is -2.49. The van der Waals surface area contributed by atoms with Crippen LogP contribution >= 0.6 is 23.2 Å². The number of esters is 1. The zero-order chi connectivity index (χ0) is 19.2. The highest BCUT2D eigenvalue weighted by Gasteiger charge is 2.52. The molecule has 3 rings (SSSR count). The smallest absolute Gasteiger partial charge is 0.309 e. The molecule has 0 heterocycles. The van der Waals surface area contributed by atoms with Crippen molar-refractivity contribution in [3.05, 3.63) is 32.8 Å². The normalized spacial score (nSPS) is 28.9. The lowest BCUT2D eigenvalue weighted by atomic mass is 9.54. The first kappa shape index (κ1) is 19.7. The highest BCUT2D eigenvalue weighted by Crippen LogP contribution is 2.54. The molecule has 1 aromatic rings. The molecule has 0 radical (unpaired) electrons. The number of benzene rings is 1. The summed E-state index contributed by atoms with van der Waals surface area (Å²) in [4.78, 5) is 24.7. The van der Waals surface area contributed by atoms with Crippen LogP contribution in [-0.2, 0) is 26.2 Å². The standard InChI is InChI=1S/C20H24Cl2O4/c1-10(9-23)17-16(21)7-15-12(18(17)22)4-5-14-13(19(25)26-3)6-11(24)8-20(14,15)2/h7,10,13-14,23H,4-6,8-9H2,1-3H3. The van der Waals surface area contributed by atoms with E-state index in [9.17, 15) is 14.7 Å². The minimum Gasteiger partial charge on any atom is -0.469 e. The summed E-state index contributed by atoms with van der Waals surface area (Å²) in [5.41, 5.74) is 2.21. The number of rotatable bonds is 3. The number of Topliss-reactive ketones (excluding diaryl/α,β-unsaturated/α-hetero) is 1. The molecule has 4 atom stereocenters. The Kier molecular flexibility index (Phi) is 5.40. The third kappa shape index (κ3) is 2.96. The van der Waals surface area contributed by atoms with E-state index in [-0.39, 0.29) is 36.6 Å². The Hall–Kier alpha value is -1.10. The first-order chi connectivity index (χ1) is 12.2. The third-order valence-electron chi connectivity index (χ3n) is 6.26. The van der Waals surface area contributed by atoms with Gasteiger partial charge >= 0.3 is 5.97 Å². The molecule has 1 N–H and O–H groups in total. The predicted octanol–water partition coefficient (Wildman–Crippen LogP) is 4.06. The van der Waals surface area contributed by atoms with Gasteiger partial charge in [-0.15, -0.1) is 0 Å². The van der Waals surface area contributed by atoms with Crippen molar-refractivity contribution in [2.45, 2.75) is 50.9 Å². The van der Waals surface area contributed by atoms with Crippen LogP contribution in [0, 0.1) is 11.8 Å². The Morgan fingerprint density at radius 2 is 2.15 bits per heavy atom. The van der Waals surface area contributed by atoms with E-state index < -0.39 is 11.3 Å². The largest absolute Gasteiger partial charge is 0.469 e. The summed E-state index contributed by atoms with van der Waals surface area (Å²) in [6.45, 7) is 3.87. The summed E-state index contributed by atoms with van der Waals surface area (Å²) in [5.74, 6) is -0.824. The van der Waals surface area contributed by atoms with E-state index in [0.717, 1.165) is 29.5 Å². The number of hydrogen-bond acceptors (Lipinski definition) is 4. The molecule has 0 aliphatic heterocycles. The number of carbonyl (C=O) groups excluding carboxylic acids is 2. The van der Waals surface area contributed by atoms with Gasteiger partial charge in [-0.2, -0.15) is 0 Å². The molecule has 26 heavy (non-hydrogen) atoms. The van der Waals surface area contributed by atoms with Crippen molar-refractivity contribution >= 4 is 35.0 Å². The minimum atomic E-state index is -0.490. The van der Waals surface area contributed by atoms with Crippen LogP contribution in [0.1, 0.15) is 55.7 Å². The number of ketones is 1. The van der Waals surface area contributed by atoms with E-state index in [1.165, 1.54) is 7.11 Å². The van der Waals surface area contributed by atoms with Gasteiger partial charge in [-0.1, -0.05) is 37.0 Å². The number of ether oxygens (including phenoxy) is 1. The molecule has 1 aromatic carbocycles. The van der Waals surface area contributed by atoms with Crippen LogP contribution in [0.4, 0.5) is 0 Å². The zero-order valence-electron chi connectivity index (χ0n) is 15.3. The van der Waals surface area contributed by atoms with E-state index in [2.05, 4.69) is 0 Å². The number of methoxy groups -OCH3 is 1.